The first kappa shape index (κ1) is 75.2. The van der Waals surface area contributed by atoms with E-state index in [4.69, 9.17) is 14.2 Å². The molecule has 0 N–H and O–H groups in total. The molecule has 0 aliphatic carbocycles. The molecular formula is C75H114O6. The maximum atomic E-state index is 12.9. The number of hydrogen-bond donors (Lipinski definition) is 0. The number of carbonyl (C=O) groups is 3. The summed E-state index contributed by atoms with van der Waals surface area (Å²) in [6.07, 6.45) is 102. The molecule has 0 aromatic carbocycles. The third kappa shape index (κ3) is 64.9. The normalized spacial score (nSPS) is 13.5. The summed E-state index contributed by atoms with van der Waals surface area (Å²) in [7, 11) is 0. The maximum Gasteiger partial charge on any atom is 0.306 e. The lowest BCUT2D eigenvalue weighted by Gasteiger charge is -2.18. The van der Waals surface area contributed by atoms with Gasteiger partial charge in [-0.25, -0.2) is 0 Å². The Bertz CT molecular complexity index is 1950. The Hall–Kier alpha value is -5.75. The van der Waals surface area contributed by atoms with Gasteiger partial charge in [0.25, 0.3) is 0 Å². The van der Waals surface area contributed by atoms with Crippen LogP contribution in [0, 0.1) is 0 Å². The van der Waals surface area contributed by atoms with Crippen molar-refractivity contribution in [3.8, 4) is 0 Å². The fourth-order valence-electron chi connectivity index (χ4n) is 7.93. The average Bonchev–Trinajstić information content (AvgIpc) is 3.47. The first-order valence-electron chi connectivity index (χ1n) is 31.9. The summed E-state index contributed by atoms with van der Waals surface area (Å²) in [6.45, 7) is 6.19. The van der Waals surface area contributed by atoms with E-state index in [2.05, 4.69) is 203 Å². The number of esters is 3. The van der Waals surface area contributed by atoms with Gasteiger partial charge in [-0.15, -0.1) is 0 Å². The molecule has 0 radical (unpaired) electrons. The second kappa shape index (κ2) is 66.8. The van der Waals surface area contributed by atoms with E-state index >= 15 is 0 Å². The topological polar surface area (TPSA) is 78.9 Å². The number of allylic oxidation sites excluding steroid dienone is 32. The number of rotatable bonds is 55. The van der Waals surface area contributed by atoms with E-state index in [9.17, 15) is 14.4 Å². The van der Waals surface area contributed by atoms with Crippen LogP contribution in [0.25, 0.3) is 0 Å². The molecule has 450 valence electrons. The molecule has 0 heterocycles. The zero-order chi connectivity index (χ0) is 58.5. The van der Waals surface area contributed by atoms with E-state index in [0.29, 0.717) is 19.3 Å². The minimum Gasteiger partial charge on any atom is -0.462 e. The van der Waals surface area contributed by atoms with Gasteiger partial charge < -0.3 is 14.2 Å². The summed E-state index contributed by atoms with van der Waals surface area (Å²) >= 11 is 0. The van der Waals surface area contributed by atoms with Crippen LogP contribution in [0.15, 0.2) is 194 Å². The van der Waals surface area contributed by atoms with Gasteiger partial charge in [0.2, 0.25) is 0 Å². The van der Waals surface area contributed by atoms with Gasteiger partial charge in [-0.05, 0) is 148 Å². The van der Waals surface area contributed by atoms with Crippen LogP contribution in [0.1, 0.15) is 239 Å². The molecule has 6 heteroatoms. The van der Waals surface area contributed by atoms with Crippen molar-refractivity contribution in [1.29, 1.82) is 0 Å². The van der Waals surface area contributed by atoms with Crippen molar-refractivity contribution >= 4 is 17.9 Å². The first-order valence-corrected chi connectivity index (χ1v) is 31.9. The number of unbranched alkanes of at least 4 members (excludes halogenated alkanes) is 12. The third-order valence-corrected chi connectivity index (χ3v) is 12.6. The summed E-state index contributed by atoms with van der Waals surface area (Å²) < 4.78 is 16.8. The minimum absolute atomic E-state index is 0.131. The van der Waals surface area contributed by atoms with Crippen molar-refractivity contribution in [2.45, 2.75) is 245 Å². The number of carbonyl (C=O) groups excluding carboxylic acids is 3. The van der Waals surface area contributed by atoms with E-state index in [0.717, 1.165) is 161 Å². The summed E-state index contributed by atoms with van der Waals surface area (Å²) in [5, 5.41) is 0. The van der Waals surface area contributed by atoms with E-state index in [1.807, 2.05) is 12.2 Å². The van der Waals surface area contributed by atoms with Crippen LogP contribution in [-0.4, -0.2) is 37.2 Å². The van der Waals surface area contributed by atoms with Crippen molar-refractivity contribution in [1.82, 2.24) is 0 Å². The van der Waals surface area contributed by atoms with Gasteiger partial charge in [0, 0.05) is 19.3 Å². The van der Waals surface area contributed by atoms with Gasteiger partial charge in [-0.2, -0.15) is 0 Å². The minimum atomic E-state index is -0.846. The quantitative estimate of drug-likeness (QED) is 0.0261. The Morgan fingerprint density at radius 3 is 0.741 bits per heavy atom. The fourth-order valence-corrected chi connectivity index (χ4v) is 7.93. The first-order chi connectivity index (χ1) is 40.0. The van der Waals surface area contributed by atoms with Crippen LogP contribution in [0.5, 0.6) is 0 Å². The molecule has 1 unspecified atom stereocenters. The Morgan fingerprint density at radius 1 is 0.247 bits per heavy atom. The zero-order valence-corrected chi connectivity index (χ0v) is 51.5. The molecule has 0 fully saturated rings. The predicted octanol–water partition coefficient (Wildman–Crippen LogP) is 22.2. The standard InChI is InChI=1S/C75H114O6/c1-4-7-10-13-16-19-22-25-28-31-33-34-35-36-37-38-39-40-42-44-47-50-53-56-59-62-65-68-74(77)80-71-72(70-79-73(76)67-64-61-58-55-52-49-46-43-30-27-24-21-18-15-12-9-6-3)81-75(78)69-66-63-60-57-54-51-48-45-41-32-29-26-23-20-17-14-11-8-5-2/h7-12,16-21,25-30,33-34,36-37,39-41,45-46,49,51,54,60,63,72H,4-6,13-15,22-24,31-32,35,38,42-44,47-48,50,52-53,55-59,61-62,64-71H2,1-3H3/b10-7-,11-8-,12-9-,19-16-,20-17-,21-18-,28-25-,29-26-,30-27-,34-33-,37-36-,40-39-,45-41-,49-46-,54-51-,63-60-. The molecule has 0 aliphatic rings. The van der Waals surface area contributed by atoms with Crippen LogP contribution >= 0.6 is 0 Å². The molecule has 0 rings (SSSR count). The van der Waals surface area contributed by atoms with E-state index in [1.54, 1.807) is 0 Å². The Kier molecular flexibility index (Phi) is 62.0. The Morgan fingerprint density at radius 2 is 0.469 bits per heavy atom. The largest absolute Gasteiger partial charge is 0.462 e. The molecule has 0 bridgehead atoms. The third-order valence-electron chi connectivity index (χ3n) is 12.6. The van der Waals surface area contributed by atoms with Gasteiger partial charge in [0.1, 0.15) is 13.2 Å². The fraction of sp³-hybridized carbons (Fsp3) is 0.533. The van der Waals surface area contributed by atoms with Gasteiger partial charge in [-0.3, -0.25) is 14.4 Å². The SMILES string of the molecule is CC/C=C\C/C=C\C/C=C\C/C=C\C/C=C\C/C=C\CCCCCCCCCCC(=O)OCC(COC(=O)CCCCCC/C=C\C/C=C\C/C=C\C/C=C\CC)OC(=O)CC/C=C\C/C=C\C/C=C\C/C=C\C/C=C\C/C=C\CC. The van der Waals surface area contributed by atoms with Crippen molar-refractivity contribution in [2.24, 2.45) is 0 Å². The molecular weight excluding hydrogens is 997 g/mol. The second-order valence-corrected chi connectivity index (χ2v) is 20.2. The van der Waals surface area contributed by atoms with Crippen molar-refractivity contribution in [2.75, 3.05) is 13.2 Å². The smallest absolute Gasteiger partial charge is 0.306 e. The highest BCUT2D eigenvalue weighted by Gasteiger charge is 2.19. The molecule has 6 nitrogen and oxygen atoms in total. The Balaban J connectivity index is 4.54. The molecule has 0 saturated carbocycles. The van der Waals surface area contributed by atoms with Crippen molar-refractivity contribution < 1.29 is 28.6 Å². The van der Waals surface area contributed by atoms with E-state index < -0.39 is 12.1 Å². The number of hydrogen-bond acceptors (Lipinski definition) is 6. The van der Waals surface area contributed by atoms with E-state index in [-0.39, 0.29) is 31.6 Å². The molecule has 0 spiro atoms. The van der Waals surface area contributed by atoms with Gasteiger partial charge in [-0.1, -0.05) is 267 Å². The summed E-state index contributed by atoms with van der Waals surface area (Å²) in [5.74, 6) is -1.06. The number of ether oxygens (including phenoxy) is 3. The van der Waals surface area contributed by atoms with Crippen LogP contribution < -0.4 is 0 Å². The van der Waals surface area contributed by atoms with Crippen LogP contribution in [0.2, 0.25) is 0 Å². The lowest BCUT2D eigenvalue weighted by atomic mass is 10.1. The Labute approximate surface area is 497 Å². The summed E-state index contributed by atoms with van der Waals surface area (Å²) in [5.41, 5.74) is 0. The lowest BCUT2D eigenvalue weighted by Crippen LogP contribution is -2.30. The summed E-state index contributed by atoms with van der Waals surface area (Å²) in [6, 6.07) is 0. The monoisotopic (exact) mass is 1110 g/mol. The van der Waals surface area contributed by atoms with Gasteiger partial charge >= 0.3 is 17.9 Å². The van der Waals surface area contributed by atoms with Gasteiger partial charge in [0.15, 0.2) is 6.10 Å². The maximum absolute atomic E-state index is 12.9. The highest BCUT2D eigenvalue weighted by molar-refractivity contribution is 5.71. The molecule has 0 aromatic rings. The van der Waals surface area contributed by atoms with E-state index in [1.165, 1.54) is 32.1 Å². The van der Waals surface area contributed by atoms with Crippen LogP contribution in [0.3, 0.4) is 0 Å². The van der Waals surface area contributed by atoms with Gasteiger partial charge in [0.05, 0.1) is 0 Å². The highest BCUT2D eigenvalue weighted by atomic mass is 16.6. The van der Waals surface area contributed by atoms with Crippen LogP contribution in [-0.2, 0) is 28.6 Å². The molecule has 0 amide bonds. The average molecular weight is 1110 g/mol. The molecule has 0 aliphatic heterocycles. The van der Waals surface area contributed by atoms with Crippen molar-refractivity contribution in [3.63, 3.8) is 0 Å². The highest BCUT2D eigenvalue weighted by Crippen LogP contribution is 2.13. The summed E-state index contributed by atoms with van der Waals surface area (Å²) in [4.78, 5) is 38.3. The lowest BCUT2D eigenvalue weighted by molar-refractivity contribution is -0.166. The molecule has 0 saturated heterocycles. The zero-order valence-electron chi connectivity index (χ0n) is 51.5. The molecule has 81 heavy (non-hydrogen) atoms. The second-order valence-electron chi connectivity index (χ2n) is 20.2. The van der Waals surface area contributed by atoms with Crippen molar-refractivity contribution in [3.05, 3.63) is 194 Å². The predicted molar refractivity (Wildman–Crippen MR) is 352 cm³/mol. The molecule has 1 atom stereocenters. The van der Waals surface area contributed by atoms with Crippen LogP contribution in [0.4, 0.5) is 0 Å². The molecule has 0 aromatic heterocycles.